The first kappa shape index (κ1) is 13.7. The first-order valence-corrected chi connectivity index (χ1v) is 6.75. The van der Waals surface area contributed by atoms with E-state index in [1.165, 1.54) is 16.8 Å². The zero-order valence-corrected chi connectivity index (χ0v) is 11.9. The van der Waals surface area contributed by atoms with Crippen molar-refractivity contribution in [3.05, 3.63) is 53.5 Å². The van der Waals surface area contributed by atoms with Gasteiger partial charge in [0.2, 0.25) is 0 Å². The van der Waals surface area contributed by atoms with Crippen molar-refractivity contribution in [2.45, 2.75) is 26.9 Å². The molecule has 0 saturated carbocycles. The number of hydrogen-bond acceptors (Lipinski definition) is 3. The van der Waals surface area contributed by atoms with Crippen molar-refractivity contribution in [3.63, 3.8) is 0 Å². The van der Waals surface area contributed by atoms with Gasteiger partial charge in [0, 0.05) is 24.8 Å². The van der Waals surface area contributed by atoms with Crippen molar-refractivity contribution in [3.8, 4) is 0 Å². The number of nitrogens with one attached hydrogen (secondary N) is 1. The van der Waals surface area contributed by atoms with E-state index in [1.807, 2.05) is 0 Å². The Hall–Kier alpha value is -1.74. The van der Waals surface area contributed by atoms with Crippen LogP contribution in [0.1, 0.15) is 23.8 Å². The topological polar surface area (TPSA) is 28.4 Å². The lowest BCUT2D eigenvalue weighted by atomic mass is 10.1. The smallest absolute Gasteiger partial charge is 0.122 e. The van der Waals surface area contributed by atoms with E-state index in [0.29, 0.717) is 0 Å². The van der Waals surface area contributed by atoms with E-state index in [2.05, 4.69) is 61.4 Å². The summed E-state index contributed by atoms with van der Waals surface area (Å²) in [6, 6.07) is 10.5. The average Bonchev–Trinajstić information content (AvgIpc) is 2.84. The summed E-state index contributed by atoms with van der Waals surface area (Å²) in [6.45, 7) is 6.85. The maximum atomic E-state index is 5.54. The molecule has 102 valence electrons. The molecular weight excluding hydrogens is 236 g/mol. The summed E-state index contributed by atoms with van der Waals surface area (Å²) in [5.41, 5.74) is 3.80. The Bertz CT molecular complexity index is 519. The first-order chi connectivity index (χ1) is 9.22. The van der Waals surface area contributed by atoms with Gasteiger partial charge in [-0.2, -0.15) is 0 Å². The maximum Gasteiger partial charge on any atom is 0.122 e. The highest BCUT2D eigenvalue weighted by atomic mass is 16.3. The maximum absolute atomic E-state index is 5.54. The highest BCUT2D eigenvalue weighted by molar-refractivity contribution is 5.52. The Morgan fingerprint density at radius 2 is 2.00 bits per heavy atom. The molecule has 3 nitrogen and oxygen atoms in total. The van der Waals surface area contributed by atoms with Crippen LogP contribution in [0.2, 0.25) is 0 Å². The van der Waals surface area contributed by atoms with Crippen LogP contribution in [0.25, 0.3) is 0 Å². The highest BCUT2D eigenvalue weighted by Crippen LogP contribution is 2.21. The Morgan fingerprint density at radius 1 is 1.21 bits per heavy atom. The molecule has 1 heterocycles. The van der Waals surface area contributed by atoms with Crippen LogP contribution in [0.4, 0.5) is 5.69 Å². The molecular formula is C16H22N2O. The van der Waals surface area contributed by atoms with Gasteiger partial charge in [-0.25, -0.2) is 0 Å². The van der Waals surface area contributed by atoms with Crippen molar-refractivity contribution in [1.29, 1.82) is 0 Å². The minimum absolute atomic E-state index is 0.792. The van der Waals surface area contributed by atoms with Crippen LogP contribution in [0.5, 0.6) is 0 Å². The number of anilines is 1. The fourth-order valence-corrected chi connectivity index (χ4v) is 2.23. The van der Waals surface area contributed by atoms with Crippen LogP contribution in [0.15, 0.2) is 41.0 Å². The predicted molar refractivity (Wildman–Crippen MR) is 79.4 cm³/mol. The van der Waals surface area contributed by atoms with Crippen molar-refractivity contribution in [2.24, 2.45) is 0 Å². The Kier molecular flexibility index (Phi) is 4.63. The minimum atomic E-state index is 0.792. The fraction of sp³-hybridized carbons (Fsp3) is 0.375. The number of nitrogens with zero attached hydrogens (tertiary/aromatic N) is 1. The lowest BCUT2D eigenvalue weighted by Gasteiger charge is -2.21. The van der Waals surface area contributed by atoms with E-state index < -0.39 is 0 Å². The van der Waals surface area contributed by atoms with Crippen molar-refractivity contribution in [1.82, 2.24) is 5.32 Å². The molecule has 0 atom stereocenters. The van der Waals surface area contributed by atoms with E-state index in [1.54, 1.807) is 6.26 Å². The number of hydrogen-bond donors (Lipinski definition) is 1. The molecule has 0 aliphatic heterocycles. The minimum Gasteiger partial charge on any atom is -0.468 e. The summed E-state index contributed by atoms with van der Waals surface area (Å²) < 4.78 is 5.54. The van der Waals surface area contributed by atoms with Gasteiger partial charge in [0.15, 0.2) is 0 Å². The van der Waals surface area contributed by atoms with Crippen LogP contribution in [0.3, 0.4) is 0 Å². The van der Waals surface area contributed by atoms with Crippen molar-refractivity contribution >= 4 is 5.69 Å². The van der Waals surface area contributed by atoms with Crippen molar-refractivity contribution in [2.75, 3.05) is 18.5 Å². The Morgan fingerprint density at radius 3 is 2.74 bits per heavy atom. The molecule has 0 spiro atoms. The lowest BCUT2D eigenvalue weighted by Crippen LogP contribution is -2.19. The van der Waals surface area contributed by atoms with Crippen LogP contribution < -0.4 is 10.2 Å². The van der Waals surface area contributed by atoms with Gasteiger partial charge in [-0.1, -0.05) is 25.1 Å². The zero-order valence-electron chi connectivity index (χ0n) is 11.9. The predicted octanol–water partition coefficient (Wildman–Crippen LogP) is 3.33. The van der Waals surface area contributed by atoms with Gasteiger partial charge < -0.3 is 14.6 Å². The third kappa shape index (κ3) is 3.38. The van der Waals surface area contributed by atoms with Gasteiger partial charge in [-0.3, -0.25) is 0 Å². The van der Waals surface area contributed by atoms with Crippen molar-refractivity contribution < 1.29 is 4.42 Å². The van der Waals surface area contributed by atoms with E-state index in [-0.39, 0.29) is 0 Å². The number of furan rings is 1. The molecule has 19 heavy (non-hydrogen) atoms. The highest BCUT2D eigenvalue weighted by Gasteiger charge is 2.10. The van der Waals surface area contributed by atoms with Crippen LogP contribution in [-0.4, -0.2) is 13.6 Å². The molecule has 3 heteroatoms. The Labute approximate surface area is 115 Å². The number of rotatable bonds is 6. The number of benzene rings is 1. The molecule has 1 aromatic carbocycles. The fourth-order valence-electron chi connectivity index (χ4n) is 2.23. The molecule has 0 amide bonds. The van der Waals surface area contributed by atoms with Gasteiger partial charge in [-0.05, 0) is 31.2 Å². The molecule has 0 radical (unpaired) electrons. The number of aryl methyl sites for hydroxylation is 1. The summed E-state index contributed by atoms with van der Waals surface area (Å²) in [6.07, 6.45) is 1.77. The quantitative estimate of drug-likeness (QED) is 0.861. The van der Waals surface area contributed by atoms with E-state index in [0.717, 1.165) is 25.4 Å². The summed E-state index contributed by atoms with van der Waals surface area (Å²) in [5, 5.41) is 3.30. The first-order valence-electron chi connectivity index (χ1n) is 6.75. The van der Waals surface area contributed by atoms with Crippen LogP contribution in [0, 0.1) is 6.92 Å². The second-order valence-corrected chi connectivity index (χ2v) is 4.79. The normalized spacial score (nSPS) is 10.7. The van der Waals surface area contributed by atoms with E-state index in [4.69, 9.17) is 4.42 Å². The monoisotopic (exact) mass is 258 g/mol. The molecule has 0 saturated heterocycles. The van der Waals surface area contributed by atoms with Gasteiger partial charge in [0.05, 0.1) is 12.8 Å². The zero-order chi connectivity index (χ0) is 13.7. The molecule has 0 unspecified atom stereocenters. The largest absolute Gasteiger partial charge is 0.468 e. The molecule has 0 fully saturated rings. The summed E-state index contributed by atoms with van der Waals surface area (Å²) in [5.74, 6) is 1.03. The second-order valence-electron chi connectivity index (χ2n) is 4.79. The lowest BCUT2D eigenvalue weighted by molar-refractivity contribution is 0.482. The molecule has 1 aromatic heterocycles. The average molecular weight is 258 g/mol. The molecule has 2 rings (SSSR count). The van der Waals surface area contributed by atoms with Crippen LogP contribution in [-0.2, 0) is 13.1 Å². The van der Waals surface area contributed by atoms with Crippen LogP contribution >= 0.6 is 0 Å². The standard InChI is InChI=1S/C16H22N2O/c1-4-17-11-16-14(9-10-19-16)12-18(3)15-8-6-5-7-13(15)2/h5-10,17H,4,11-12H2,1-3H3. The van der Waals surface area contributed by atoms with Gasteiger partial charge >= 0.3 is 0 Å². The Balaban J connectivity index is 2.09. The summed E-state index contributed by atoms with van der Waals surface area (Å²) >= 11 is 0. The summed E-state index contributed by atoms with van der Waals surface area (Å²) in [4.78, 5) is 2.26. The molecule has 0 bridgehead atoms. The van der Waals surface area contributed by atoms with Gasteiger partial charge in [0.1, 0.15) is 5.76 Å². The third-order valence-corrected chi connectivity index (χ3v) is 3.31. The number of para-hydroxylation sites is 1. The molecule has 2 aromatic rings. The molecule has 0 aliphatic carbocycles. The van der Waals surface area contributed by atoms with E-state index in [9.17, 15) is 0 Å². The third-order valence-electron chi connectivity index (χ3n) is 3.31. The molecule has 1 N–H and O–H groups in total. The van der Waals surface area contributed by atoms with Gasteiger partial charge in [-0.15, -0.1) is 0 Å². The molecule has 0 aliphatic rings. The van der Waals surface area contributed by atoms with E-state index >= 15 is 0 Å². The second kappa shape index (κ2) is 6.43. The SMILES string of the molecule is CCNCc1occc1CN(C)c1ccccc1C. The van der Waals surface area contributed by atoms with Gasteiger partial charge in [0.25, 0.3) is 0 Å². The summed E-state index contributed by atoms with van der Waals surface area (Å²) in [7, 11) is 2.12.